The van der Waals surface area contributed by atoms with E-state index in [-0.39, 0.29) is 12.0 Å². The van der Waals surface area contributed by atoms with E-state index in [1.807, 2.05) is 12.1 Å². The monoisotopic (exact) mass is 353 g/mol. The van der Waals surface area contributed by atoms with Crippen LogP contribution in [0.1, 0.15) is 30.9 Å². The Kier molecular flexibility index (Phi) is 4.46. The number of anilines is 1. The molecule has 4 heteroatoms. The van der Waals surface area contributed by atoms with E-state index >= 15 is 0 Å². The van der Waals surface area contributed by atoms with E-state index in [9.17, 15) is 4.79 Å². The molecule has 2 bridgehead atoms. The predicted molar refractivity (Wildman–Crippen MR) is 103 cm³/mol. The van der Waals surface area contributed by atoms with Gasteiger partial charge in [-0.15, -0.1) is 11.8 Å². The molecule has 0 radical (unpaired) electrons. The molecule has 0 spiro atoms. The van der Waals surface area contributed by atoms with Crippen molar-refractivity contribution in [3.63, 3.8) is 0 Å². The second-order valence-electron chi connectivity index (χ2n) is 6.83. The lowest BCUT2D eigenvalue weighted by molar-refractivity contribution is -0.128. The summed E-state index contributed by atoms with van der Waals surface area (Å²) in [6.45, 7) is 0. The Hall–Kier alpha value is -1.94. The fourth-order valence-electron chi connectivity index (χ4n) is 4.33. The molecule has 3 aliphatic rings. The summed E-state index contributed by atoms with van der Waals surface area (Å²) in [5.74, 6) is 1.40. The van der Waals surface area contributed by atoms with E-state index in [4.69, 9.17) is 4.74 Å². The number of fused-ring (bicyclic) bond motifs is 3. The van der Waals surface area contributed by atoms with Crippen molar-refractivity contribution < 1.29 is 9.53 Å². The first-order valence-electron chi connectivity index (χ1n) is 8.80. The van der Waals surface area contributed by atoms with Gasteiger partial charge < -0.3 is 9.64 Å². The van der Waals surface area contributed by atoms with Crippen molar-refractivity contribution in [2.24, 2.45) is 5.92 Å². The van der Waals surface area contributed by atoms with Crippen LogP contribution in [-0.2, 0) is 4.79 Å². The Labute approximate surface area is 153 Å². The van der Waals surface area contributed by atoms with Gasteiger partial charge in [-0.1, -0.05) is 12.1 Å². The number of carbonyl (C=O) groups excluding carboxylic acids is 1. The van der Waals surface area contributed by atoms with Crippen molar-refractivity contribution in [3.05, 3.63) is 54.1 Å². The third-order valence-electron chi connectivity index (χ3n) is 5.56. The first kappa shape index (κ1) is 16.5. The van der Waals surface area contributed by atoms with E-state index in [1.165, 1.54) is 16.1 Å². The van der Waals surface area contributed by atoms with Crippen molar-refractivity contribution in [1.82, 2.24) is 0 Å². The molecule has 1 saturated carbocycles. The van der Waals surface area contributed by atoms with Crippen LogP contribution < -0.4 is 9.64 Å². The number of ketones is 1. The van der Waals surface area contributed by atoms with Crippen LogP contribution in [0.15, 0.2) is 53.4 Å². The van der Waals surface area contributed by atoms with E-state index < -0.39 is 0 Å². The highest BCUT2D eigenvalue weighted by atomic mass is 32.2. The Morgan fingerprint density at radius 1 is 1.04 bits per heavy atom. The van der Waals surface area contributed by atoms with E-state index in [2.05, 4.69) is 47.6 Å². The fraction of sp³-hybridized carbons (Fsp3) is 0.381. The van der Waals surface area contributed by atoms with Gasteiger partial charge in [-0.25, -0.2) is 0 Å². The Morgan fingerprint density at radius 2 is 1.76 bits per heavy atom. The summed E-state index contributed by atoms with van der Waals surface area (Å²) in [7, 11) is 1.69. The van der Waals surface area contributed by atoms with Crippen molar-refractivity contribution in [2.75, 3.05) is 18.3 Å². The Balaban J connectivity index is 1.74. The number of hydrogen-bond acceptors (Lipinski definition) is 4. The van der Waals surface area contributed by atoms with Crippen molar-refractivity contribution >= 4 is 23.2 Å². The Morgan fingerprint density at radius 3 is 2.36 bits per heavy atom. The number of ether oxygens (including phenoxy) is 1. The summed E-state index contributed by atoms with van der Waals surface area (Å²) in [6.07, 6.45) is 4.87. The number of piperidine rings is 2. The molecule has 2 aromatic carbocycles. The van der Waals surface area contributed by atoms with Crippen LogP contribution in [0.25, 0.3) is 0 Å². The maximum atomic E-state index is 12.6. The predicted octanol–water partition coefficient (Wildman–Crippen LogP) is 4.72. The first-order chi connectivity index (χ1) is 12.2. The number of hydrogen-bond donors (Lipinski definition) is 0. The number of thioether (sulfide) groups is 1. The number of nitrogens with zero attached hydrogens (tertiary/aromatic N) is 1. The van der Waals surface area contributed by atoms with Crippen LogP contribution in [0.4, 0.5) is 5.69 Å². The normalized spacial score (nSPS) is 25.3. The SMILES string of the molecule is COc1ccc(N2[C@H]3CC[C@H](C(=O)C3)[C@H]2c2ccc(SC)cc2)cc1. The van der Waals surface area contributed by atoms with Crippen molar-refractivity contribution in [1.29, 1.82) is 0 Å². The molecule has 2 heterocycles. The summed E-state index contributed by atoms with van der Waals surface area (Å²) < 4.78 is 5.30. The third-order valence-corrected chi connectivity index (χ3v) is 6.31. The Bertz CT molecular complexity index is 756. The molecule has 2 aliphatic heterocycles. The van der Waals surface area contributed by atoms with Gasteiger partial charge in [-0.05, 0) is 61.1 Å². The quantitative estimate of drug-likeness (QED) is 0.744. The van der Waals surface area contributed by atoms with Gasteiger partial charge in [0, 0.05) is 29.0 Å². The number of carbonyl (C=O) groups is 1. The summed E-state index contributed by atoms with van der Waals surface area (Å²) in [4.78, 5) is 16.3. The number of rotatable bonds is 4. The average Bonchev–Trinajstić information content (AvgIpc) is 2.68. The van der Waals surface area contributed by atoms with Crippen molar-refractivity contribution in [3.8, 4) is 5.75 Å². The topological polar surface area (TPSA) is 29.5 Å². The molecule has 130 valence electrons. The molecular formula is C21H23NO2S. The lowest BCUT2D eigenvalue weighted by atomic mass is 9.71. The number of methoxy groups -OCH3 is 1. The molecular weight excluding hydrogens is 330 g/mol. The van der Waals surface area contributed by atoms with Gasteiger partial charge >= 0.3 is 0 Å². The maximum Gasteiger partial charge on any atom is 0.140 e. The first-order valence-corrected chi connectivity index (χ1v) is 10.0. The fourth-order valence-corrected chi connectivity index (χ4v) is 4.74. The molecule has 3 atom stereocenters. The van der Waals surface area contributed by atoms with Gasteiger partial charge in [0.1, 0.15) is 11.5 Å². The van der Waals surface area contributed by atoms with Crippen LogP contribution in [0, 0.1) is 5.92 Å². The molecule has 5 rings (SSSR count). The second-order valence-corrected chi connectivity index (χ2v) is 7.71. The lowest BCUT2D eigenvalue weighted by Crippen LogP contribution is -2.54. The molecule has 3 nitrogen and oxygen atoms in total. The summed E-state index contributed by atoms with van der Waals surface area (Å²) in [6, 6.07) is 17.4. The van der Waals surface area contributed by atoms with Crippen LogP contribution in [0.2, 0.25) is 0 Å². The second kappa shape index (κ2) is 6.75. The van der Waals surface area contributed by atoms with Gasteiger partial charge in [0.15, 0.2) is 0 Å². The molecule has 2 saturated heterocycles. The maximum absolute atomic E-state index is 12.6. The van der Waals surface area contributed by atoms with Gasteiger partial charge in [0.25, 0.3) is 0 Å². The smallest absolute Gasteiger partial charge is 0.140 e. The highest BCUT2D eigenvalue weighted by Crippen LogP contribution is 2.48. The lowest BCUT2D eigenvalue weighted by Gasteiger charge is -2.52. The molecule has 25 heavy (non-hydrogen) atoms. The van der Waals surface area contributed by atoms with Gasteiger partial charge in [-0.2, -0.15) is 0 Å². The zero-order chi connectivity index (χ0) is 17.4. The highest BCUT2D eigenvalue weighted by Gasteiger charge is 2.47. The average molecular weight is 353 g/mol. The van der Waals surface area contributed by atoms with E-state index in [0.29, 0.717) is 18.2 Å². The standard InChI is InChI=1S/C21H23NO2S/c1-24-17-8-5-15(6-9-17)22-16-7-12-19(20(23)13-16)21(22)14-3-10-18(25-2)11-4-14/h3-6,8-11,16,19,21H,7,12-13H2,1-2H3/t16-,19+,21+/m0/s1. The highest BCUT2D eigenvalue weighted by molar-refractivity contribution is 7.98. The van der Waals surface area contributed by atoms with E-state index in [0.717, 1.165) is 18.6 Å². The number of benzene rings is 2. The largest absolute Gasteiger partial charge is 0.497 e. The molecule has 0 N–H and O–H groups in total. The minimum atomic E-state index is 0.104. The minimum absolute atomic E-state index is 0.104. The van der Waals surface area contributed by atoms with Crippen LogP contribution >= 0.6 is 11.8 Å². The summed E-state index contributed by atoms with van der Waals surface area (Å²) in [5.41, 5.74) is 2.43. The molecule has 2 aromatic rings. The van der Waals surface area contributed by atoms with Gasteiger partial charge in [0.05, 0.1) is 13.2 Å². The zero-order valence-electron chi connectivity index (χ0n) is 14.6. The number of Topliss-reactive ketones (excluding diaryl/α,β-unsaturated/α-hetero) is 1. The molecule has 0 amide bonds. The van der Waals surface area contributed by atoms with E-state index in [1.54, 1.807) is 18.9 Å². The van der Waals surface area contributed by atoms with Crippen LogP contribution in [-0.4, -0.2) is 25.2 Å². The minimum Gasteiger partial charge on any atom is -0.497 e. The molecule has 0 unspecified atom stereocenters. The third kappa shape index (κ3) is 2.93. The van der Waals surface area contributed by atoms with Crippen LogP contribution in [0.3, 0.4) is 0 Å². The van der Waals surface area contributed by atoms with Gasteiger partial charge in [-0.3, -0.25) is 4.79 Å². The zero-order valence-corrected chi connectivity index (χ0v) is 15.5. The van der Waals surface area contributed by atoms with Gasteiger partial charge in [0.2, 0.25) is 0 Å². The summed E-state index contributed by atoms with van der Waals surface area (Å²) >= 11 is 1.75. The molecule has 1 aliphatic carbocycles. The molecule has 3 fully saturated rings. The van der Waals surface area contributed by atoms with Crippen LogP contribution in [0.5, 0.6) is 5.75 Å². The van der Waals surface area contributed by atoms with Crippen molar-refractivity contribution in [2.45, 2.75) is 36.2 Å². The molecule has 0 aromatic heterocycles. The summed E-state index contributed by atoms with van der Waals surface area (Å²) in [5, 5.41) is 0.